The summed E-state index contributed by atoms with van der Waals surface area (Å²) < 4.78 is 21.4. The van der Waals surface area contributed by atoms with E-state index in [2.05, 4.69) is 5.32 Å². The molecule has 2 aromatic rings. The van der Waals surface area contributed by atoms with E-state index in [1.165, 1.54) is 28.4 Å². The van der Waals surface area contributed by atoms with Crippen LogP contribution in [0.5, 0.6) is 17.2 Å². The van der Waals surface area contributed by atoms with Crippen LogP contribution < -0.4 is 31.0 Å². The quantitative estimate of drug-likeness (QED) is 0.591. The van der Waals surface area contributed by atoms with Crippen molar-refractivity contribution < 1.29 is 28.5 Å². The number of thiophene rings is 1. The molecule has 1 aliphatic heterocycles. The van der Waals surface area contributed by atoms with Crippen molar-refractivity contribution in [3.63, 3.8) is 0 Å². The molecule has 0 unspecified atom stereocenters. The minimum atomic E-state index is -0.647. The molecule has 1 aliphatic rings. The van der Waals surface area contributed by atoms with Crippen LogP contribution in [-0.2, 0) is 9.53 Å². The number of hydrogen-bond acceptors (Lipinski definition) is 9. The second-order valence-corrected chi connectivity index (χ2v) is 7.52. The Labute approximate surface area is 177 Å². The van der Waals surface area contributed by atoms with Gasteiger partial charge in [0, 0.05) is 17.2 Å². The summed E-state index contributed by atoms with van der Waals surface area (Å²) in [6, 6.07) is 3.47. The van der Waals surface area contributed by atoms with Crippen LogP contribution >= 0.6 is 11.3 Å². The average Bonchev–Trinajstić information content (AvgIpc) is 3.07. The van der Waals surface area contributed by atoms with Gasteiger partial charge in [-0.15, -0.1) is 11.3 Å². The predicted octanol–water partition coefficient (Wildman–Crippen LogP) is 2.46. The number of benzene rings is 1. The second kappa shape index (κ2) is 8.15. The Morgan fingerprint density at radius 1 is 1.07 bits per heavy atom. The van der Waals surface area contributed by atoms with E-state index in [-0.39, 0.29) is 10.6 Å². The fraction of sp³-hybridized carbons (Fsp3) is 0.300. The molecule has 10 heteroatoms. The molecule has 0 radical (unpaired) electrons. The lowest BCUT2D eigenvalue weighted by Gasteiger charge is -2.29. The third-order valence-corrected chi connectivity index (χ3v) is 6.07. The topological polar surface area (TPSA) is 135 Å². The van der Waals surface area contributed by atoms with Gasteiger partial charge in [-0.1, -0.05) is 0 Å². The largest absolute Gasteiger partial charge is 0.493 e. The summed E-state index contributed by atoms with van der Waals surface area (Å²) >= 11 is 1.14. The van der Waals surface area contributed by atoms with Crippen molar-refractivity contribution in [3.05, 3.63) is 39.4 Å². The van der Waals surface area contributed by atoms with Crippen LogP contribution in [-0.4, -0.2) is 40.3 Å². The first-order valence-corrected chi connectivity index (χ1v) is 9.68. The number of nitrogens with two attached hydrogens (primary N) is 2. The van der Waals surface area contributed by atoms with Crippen LogP contribution in [0.1, 0.15) is 33.6 Å². The molecule has 0 aliphatic carbocycles. The number of ether oxygens (including phenoxy) is 4. The number of carbonyl (C=O) groups excluding carboxylic acids is 2. The Morgan fingerprint density at radius 3 is 2.13 bits per heavy atom. The molecule has 0 spiro atoms. The van der Waals surface area contributed by atoms with E-state index >= 15 is 0 Å². The highest BCUT2D eigenvalue weighted by molar-refractivity contribution is 7.19. The maximum absolute atomic E-state index is 12.7. The van der Waals surface area contributed by atoms with Crippen molar-refractivity contribution in [3.8, 4) is 17.2 Å². The fourth-order valence-electron chi connectivity index (χ4n) is 3.60. The zero-order chi connectivity index (χ0) is 22.2. The van der Waals surface area contributed by atoms with Gasteiger partial charge in [0.2, 0.25) is 5.75 Å². The van der Waals surface area contributed by atoms with E-state index in [9.17, 15) is 9.59 Å². The van der Waals surface area contributed by atoms with Crippen molar-refractivity contribution in [2.75, 3.05) is 39.5 Å². The Balaban J connectivity index is 2.35. The molecule has 1 atom stereocenters. The van der Waals surface area contributed by atoms with Gasteiger partial charge in [-0.2, -0.15) is 0 Å². The lowest BCUT2D eigenvalue weighted by molar-refractivity contribution is -0.136. The summed E-state index contributed by atoms with van der Waals surface area (Å²) in [5.74, 6) is -0.582. The zero-order valence-electron chi connectivity index (χ0n) is 17.2. The third-order valence-electron chi connectivity index (χ3n) is 4.92. The van der Waals surface area contributed by atoms with Crippen molar-refractivity contribution in [1.29, 1.82) is 0 Å². The monoisotopic (exact) mass is 433 g/mol. The molecule has 2 heterocycles. The first kappa shape index (κ1) is 21.3. The number of amides is 1. The molecular weight excluding hydrogens is 410 g/mol. The molecule has 9 nitrogen and oxygen atoms in total. The number of carbonyl (C=O) groups is 2. The zero-order valence-corrected chi connectivity index (χ0v) is 18.1. The maximum Gasteiger partial charge on any atom is 0.336 e. The Kier molecular flexibility index (Phi) is 5.79. The molecule has 0 saturated carbocycles. The molecule has 3 rings (SSSR count). The first-order chi connectivity index (χ1) is 14.3. The SMILES string of the molecule is COC(=O)C1=C(C)Nc2sc(C(N)=O)c(N)c2[C@@H]1c1cc(OC)c(OC)c(OC)c1. The van der Waals surface area contributed by atoms with Crippen molar-refractivity contribution in [1.82, 2.24) is 0 Å². The van der Waals surface area contributed by atoms with Gasteiger partial charge in [0.15, 0.2) is 11.5 Å². The minimum Gasteiger partial charge on any atom is -0.493 e. The Morgan fingerprint density at radius 2 is 1.67 bits per heavy atom. The lowest BCUT2D eigenvalue weighted by atomic mass is 9.81. The first-order valence-electron chi connectivity index (χ1n) is 8.86. The lowest BCUT2D eigenvalue weighted by Crippen LogP contribution is -2.24. The summed E-state index contributed by atoms with van der Waals surface area (Å²) in [7, 11) is 5.81. The fourth-order valence-corrected chi connectivity index (χ4v) is 4.67. The molecule has 1 aromatic carbocycles. The highest BCUT2D eigenvalue weighted by atomic mass is 32.1. The van der Waals surface area contributed by atoms with Crippen molar-refractivity contribution >= 4 is 33.9 Å². The van der Waals surface area contributed by atoms with Crippen molar-refractivity contribution in [2.45, 2.75) is 12.8 Å². The standard InChI is InChI=1S/C20H23N3O6S/c1-8-12(20(25)29-5)13(14-15(21)17(18(22)24)30-19(14)23-8)9-6-10(26-2)16(28-4)11(7-9)27-3/h6-7,13,23H,21H2,1-5H3,(H2,22,24)/t13-/m1/s1. The summed E-state index contributed by atoms with van der Waals surface area (Å²) in [6.45, 7) is 1.75. The summed E-state index contributed by atoms with van der Waals surface area (Å²) in [5, 5.41) is 3.77. The number of fused-ring (bicyclic) bond motifs is 1. The molecule has 1 aromatic heterocycles. The Hall–Kier alpha value is -3.40. The van der Waals surface area contributed by atoms with E-state index in [0.29, 0.717) is 44.6 Å². The van der Waals surface area contributed by atoms with Gasteiger partial charge in [0.25, 0.3) is 5.91 Å². The molecule has 0 bridgehead atoms. The number of hydrogen-bond donors (Lipinski definition) is 3. The van der Waals surface area contributed by atoms with Crippen molar-refractivity contribution in [2.24, 2.45) is 5.73 Å². The van der Waals surface area contributed by atoms with E-state index < -0.39 is 17.8 Å². The van der Waals surface area contributed by atoms with E-state index in [1.807, 2.05) is 0 Å². The van der Waals surface area contributed by atoms with Crippen LogP contribution in [0.15, 0.2) is 23.4 Å². The highest BCUT2D eigenvalue weighted by Gasteiger charge is 2.38. The van der Waals surface area contributed by atoms with Gasteiger partial charge in [-0.05, 0) is 24.6 Å². The normalized spacial score (nSPS) is 15.2. The third kappa shape index (κ3) is 3.28. The number of esters is 1. The van der Waals surface area contributed by atoms with E-state index in [4.69, 9.17) is 30.4 Å². The maximum atomic E-state index is 12.7. The van der Waals surface area contributed by atoms with Crippen LogP contribution in [0.2, 0.25) is 0 Å². The molecule has 30 heavy (non-hydrogen) atoms. The van der Waals surface area contributed by atoms with Gasteiger partial charge in [0.05, 0.1) is 44.7 Å². The number of anilines is 2. The highest BCUT2D eigenvalue weighted by Crippen LogP contribution is 2.52. The van der Waals surface area contributed by atoms with E-state index in [0.717, 1.165) is 11.3 Å². The van der Waals surface area contributed by atoms with Crippen LogP contribution in [0, 0.1) is 0 Å². The minimum absolute atomic E-state index is 0.211. The second-order valence-electron chi connectivity index (χ2n) is 6.50. The number of nitrogens with one attached hydrogen (secondary N) is 1. The predicted molar refractivity (Wildman–Crippen MR) is 114 cm³/mol. The number of nitrogen functional groups attached to an aromatic ring is 1. The molecule has 0 fully saturated rings. The van der Waals surface area contributed by atoms with Gasteiger partial charge >= 0.3 is 5.97 Å². The number of rotatable bonds is 6. The average molecular weight is 433 g/mol. The molecule has 1 amide bonds. The summed E-state index contributed by atoms with van der Waals surface area (Å²) in [5.41, 5.74) is 14.1. The number of methoxy groups -OCH3 is 4. The van der Waals surface area contributed by atoms with Gasteiger partial charge in [-0.3, -0.25) is 4.79 Å². The van der Waals surface area contributed by atoms with Gasteiger partial charge < -0.3 is 35.7 Å². The van der Waals surface area contributed by atoms with Crippen LogP contribution in [0.4, 0.5) is 10.7 Å². The molecule has 160 valence electrons. The molecule has 0 saturated heterocycles. The summed E-state index contributed by atoms with van der Waals surface area (Å²) in [6.07, 6.45) is 0. The Bertz CT molecular complexity index is 1030. The summed E-state index contributed by atoms with van der Waals surface area (Å²) in [4.78, 5) is 24.8. The number of allylic oxidation sites excluding steroid dienone is 1. The number of primary amides is 1. The molecule has 5 N–H and O–H groups in total. The van der Waals surface area contributed by atoms with Crippen LogP contribution in [0.25, 0.3) is 0 Å². The van der Waals surface area contributed by atoms with Crippen LogP contribution in [0.3, 0.4) is 0 Å². The smallest absolute Gasteiger partial charge is 0.336 e. The van der Waals surface area contributed by atoms with E-state index in [1.54, 1.807) is 19.1 Å². The van der Waals surface area contributed by atoms with Gasteiger partial charge in [-0.25, -0.2) is 4.79 Å². The molecular formula is C20H23N3O6S. The van der Waals surface area contributed by atoms with Gasteiger partial charge in [0.1, 0.15) is 4.88 Å².